The third kappa shape index (κ3) is 2.42. The second-order valence-corrected chi connectivity index (χ2v) is 3.34. The van der Waals surface area contributed by atoms with Gasteiger partial charge in [0, 0.05) is 17.0 Å². The predicted octanol–water partition coefficient (Wildman–Crippen LogP) is 3.26. The van der Waals surface area contributed by atoms with Crippen molar-refractivity contribution in [1.29, 1.82) is 0 Å². The van der Waals surface area contributed by atoms with Crippen LogP contribution in [0.2, 0.25) is 10.0 Å². The fraction of sp³-hybridized carbons (Fsp3) is 0.222. The topological polar surface area (TPSA) is 17.1 Å². The van der Waals surface area contributed by atoms with Gasteiger partial charge in [-0.05, 0) is 18.6 Å². The van der Waals surface area contributed by atoms with Gasteiger partial charge in [0.05, 0.1) is 5.02 Å². The Kier molecular flexibility index (Phi) is 3.70. The summed E-state index contributed by atoms with van der Waals surface area (Å²) in [7, 11) is 0. The lowest BCUT2D eigenvalue weighted by molar-refractivity contribution is -0.107. The Bertz CT molecular complexity index is 326. The van der Waals surface area contributed by atoms with Gasteiger partial charge in [-0.1, -0.05) is 23.2 Å². The lowest BCUT2D eigenvalue weighted by Gasteiger charge is -2.04. The SMILES string of the molecule is O=CCCc1c(Cl)ccc(Cl)c1F. The predicted molar refractivity (Wildman–Crippen MR) is 50.8 cm³/mol. The van der Waals surface area contributed by atoms with E-state index in [1.807, 2.05) is 0 Å². The Hall–Kier alpha value is -0.600. The van der Waals surface area contributed by atoms with E-state index >= 15 is 0 Å². The quantitative estimate of drug-likeness (QED) is 0.565. The molecule has 0 radical (unpaired) electrons. The summed E-state index contributed by atoms with van der Waals surface area (Å²) in [6.07, 6.45) is 1.25. The number of rotatable bonds is 3. The Morgan fingerprint density at radius 3 is 2.54 bits per heavy atom. The summed E-state index contributed by atoms with van der Waals surface area (Å²) >= 11 is 11.3. The van der Waals surface area contributed by atoms with Crippen molar-refractivity contribution in [3.63, 3.8) is 0 Å². The average molecular weight is 221 g/mol. The highest BCUT2D eigenvalue weighted by Crippen LogP contribution is 2.26. The molecule has 0 saturated carbocycles. The fourth-order valence-corrected chi connectivity index (χ4v) is 1.42. The van der Waals surface area contributed by atoms with Crippen LogP contribution in [0.1, 0.15) is 12.0 Å². The summed E-state index contributed by atoms with van der Waals surface area (Å²) in [5.41, 5.74) is 0.307. The zero-order valence-corrected chi connectivity index (χ0v) is 8.20. The number of carbonyl (C=O) groups excluding carboxylic acids is 1. The second-order valence-electron chi connectivity index (χ2n) is 2.53. The van der Waals surface area contributed by atoms with Gasteiger partial charge in [0.15, 0.2) is 0 Å². The lowest BCUT2D eigenvalue weighted by Crippen LogP contribution is -1.93. The van der Waals surface area contributed by atoms with Gasteiger partial charge in [-0.2, -0.15) is 0 Å². The number of aldehydes is 1. The molecular formula is C9H7Cl2FO. The number of benzene rings is 1. The van der Waals surface area contributed by atoms with Gasteiger partial charge in [0.2, 0.25) is 0 Å². The first-order chi connectivity index (χ1) is 6.16. The molecule has 0 bridgehead atoms. The Balaban J connectivity index is 3.02. The molecule has 0 spiro atoms. The summed E-state index contributed by atoms with van der Waals surface area (Å²) in [5.74, 6) is -0.531. The first kappa shape index (κ1) is 10.5. The van der Waals surface area contributed by atoms with Crippen LogP contribution in [0.4, 0.5) is 4.39 Å². The molecular weight excluding hydrogens is 214 g/mol. The molecule has 0 aliphatic heterocycles. The molecule has 13 heavy (non-hydrogen) atoms. The molecule has 0 atom stereocenters. The van der Waals surface area contributed by atoms with Gasteiger partial charge in [0.25, 0.3) is 0 Å². The first-order valence-corrected chi connectivity index (χ1v) is 4.48. The summed E-state index contributed by atoms with van der Waals surface area (Å²) < 4.78 is 13.3. The number of carbonyl (C=O) groups is 1. The molecule has 1 aromatic carbocycles. The third-order valence-electron chi connectivity index (χ3n) is 1.65. The number of halogens is 3. The van der Waals surface area contributed by atoms with Crippen molar-refractivity contribution in [3.8, 4) is 0 Å². The van der Waals surface area contributed by atoms with Crippen LogP contribution in [0.15, 0.2) is 12.1 Å². The van der Waals surface area contributed by atoms with E-state index in [0.717, 1.165) is 6.29 Å². The van der Waals surface area contributed by atoms with E-state index in [0.29, 0.717) is 10.6 Å². The van der Waals surface area contributed by atoms with Crippen molar-refractivity contribution in [1.82, 2.24) is 0 Å². The molecule has 0 amide bonds. The first-order valence-electron chi connectivity index (χ1n) is 3.73. The summed E-state index contributed by atoms with van der Waals surface area (Å²) in [6.45, 7) is 0. The number of hydrogen-bond acceptors (Lipinski definition) is 1. The molecule has 0 aliphatic carbocycles. The zero-order chi connectivity index (χ0) is 9.84. The summed E-state index contributed by atoms with van der Waals surface area (Å²) in [5, 5.41) is 0.342. The molecule has 0 aliphatic rings. The standard InChI is InChI=1S/C9H7Cl2FO/c10-7-3-4-8(11)9(12)6(7)2-1-5-13/h3-5H,1-2H2. The van der Waals surface area contributed by atoms with Crippen LogP contribution in [0, 0.1) is 5.82 Å². The third-order valence-corrected chi connectivity index (χ3v) is 2.30. The Labute approximate surface area is 85.5 Å². The minimum absolute atomic E-state index is 0.0327. The molecule has 0 N–H and O–H groups in total. The van der Waals surface area contributed by atoms with Crippen LogP contribution in [0.5, 0.6) is 0 Å². The van der Waals surface area contributed by atoms with Crippen molar-refractivity contribution in [2.24, 2.45) is 0 Å². The Morgan fingerprint density at radius 1 is 1.31 bits per heavy atom. The van der Waals surface area contributed by atoms with Crippen LogP contribution in [0.3, 0.4) is 0 Å². The highest BCUT2D eigenvalue weighted by atomic mass is 35.5. The van der Waals surface area contributed by atoms with Crippen LogP contribution in [0.25, 0.3) is 0 Å². The van der Waals surface area contributed by atoms with E-state index in [2.05, 4.69) is 0 Å². The summed E-state index contributed by atoms with van der Waals surface area (Å²) in [6, 6.07) is 2.91. The zero-order valence-electron chi connectivity index (χ0n) is 6.69. The molecule has 1 aromatic rings. The lowest BCUT2D eigenvalue weighted by atomic mass is 10.1. The maximum atomic E-state index is 13.3. The molecule has 0 unspecified atom stereocenters. The largest absolute Gasteiger partial charge is 0.303 e. The molecule has 4 heteroatoms. The van der Waals surface area contributed by atoms with Crippen LogP contribution in [-0.2, 0) is 11.2 Å². The van der Waals surface area contributed by atoms with E-state index in [9.17, 15) is 9.18 Å². The second kappa shape index (κ2) is 4.58. The molecule has 1 nitrogen and oxygen atoms in total. The minimum Gasteiger partial charge on any atom is -0.303 e. The van der Waals surface area contributed by atoms with E-state index in [1.54, 1.807) is 0 Å². The van der Waals surface area contributed by atoms with Crippen molar-refractivity contribution in [3.05, 3.63) is 33.6 Å². The van der Waals surface area contributed by atoms with Crippen molar-refractivity contribution in [2.45, 2.75) is 12.8 Å². The smallest absolute Gasteiger partial charge is 0.146 e. The Morgan fingerprint density at radius 2 is 1.92 bits per heavy atom. The van der Waals surface area contributed by atoms with Gasteiger partial charge < -0.3 is 4.79 Å². The van der Waals surface area contributed by atoms with Gasteiger partial charge in [-0.3, -0.25) is 0 Å². The van der Waals surface area contributed by atoms with E-state index in [1.165, 1.54) is 12.1 Å². The van der Waals surface area contributed by atoms with Crippen LogP contribution < -0.4 is 0 Å². The maximum absolute atomic E-state index is 13.3. The van der Waals surface area contributed by atoms with Crippen LogP contribution >= 0.6 is 23.2 Å². The monoisotopic (exact) mass is 220 g/mol. The van der Waals surface area contributed by atoms with E-state index < -0.39 is 5.82 Å². The molecule has 70 valence electrons. The summed E-state index contributed by atoms with van der Waals surface area (Å²) in [4.78, 5) is 10.1. The molecule has 0 fully saturated rings. The van der Waals surface area contributed by atoms with E-state index in [-0.39, 0.29) is 17.9 Å². The number of hydrogen-bond donors (Lipinski definition) is 0. The normalized spacial score (nSPS) is 10.1. The fourth-order valence-electron chi connectivity index (χ4n) is 1.00. The average Bonchev–Trinajstić information content (AvgIpc) is 2.12. The van der Waals surface area contributed by atoms with Crippen molar-refractivity contribution >= 4 is 29.5 Å². The molecule has 1 rings (SSSR count). The van der Waals surface area contributed by atoms with Crippen molar-refractivity contribution < 1.29 is 9.18 Å². The molecule has 0 aromatic heterocycles. The van der Waals surface area contributed by atoms with Crippen molar-refractivity contribution in [2.75, 3.05) is 0 Å². The van der Waals surface area contributed by atoms with Gasteiger partial charge in [-0.25, -0.2) is 4.39 Å². The molecule has 0 heterocycles. The van der Waals surface area contributed by atoms with E-state index in [4.69, 9.17) is 23.2 Å². The van der Waals surface area contributed by atoms with Gasteiger partial charge in [0.1, 0.15) is 12.1 Å². The van der Waals surface area contributed by atoms with Gasteiger partial charge in [-0.15, -0.1) is 0 Å². The highest BCUT2D eigenvalue weighted by molar-refractivity contribution is 6.33. The van der Waals surface area contributed by atoms with Gasteiger partial charge >= 0.3 is 0 Å². The highest BCUT2D eigenvalue weighted by Gasteiger charge is 2.10. The molecule has 0 saturated heterocycles. The maximum Gasteiger partial charge on any atom is 0.146 e. The minimum atomic E-state index is -0.531. The van der Waals surface area contributed by atoms with Crippen LogP contribution in [-0.4, -0.2) is 6.29 Å².